The normalized spacial score (nSPS) is 17.5. The van der Waals surface area contributed by atoms with E-state index in [1.54, 1.807) is 16.2 Å². The monoisotopic (exact) mass is 417 g/mol. The Morgan fingerprint density at radius 2 is 2.03 bits per heavy atom. The van der Waals surface area contributed by atoms with Gasteiger partial charge in [-0.3, -0.25) is 14.6 Å². The van der Waals surface area contributed by atoms with Gasteiger partial charge in [0.15, 0.2) is 5.13 Å². The molecular formula is C21H27N3O4S. The lowest BCUT2D eigenvalue weighted by molar-refractivity contribution is -0.119. The fourth-order valence-corrected chi connectivity index (χ4v) is 4.55. The topological polar surface area (TPSA) is 64.1 Å². The summed E-state index contributed by atoms with van der Waals surface area (Å²) in [5, 5.41) is 0.704. The minimum absolute atomic E-state index is 0.194. The summed E-state index contributed by atoms with van der Waals surface area (Å²) >= 11 is 1.54. The Balaban J connectivity index is 1.56. The molecule has 2 aliphatic rings. The van der Waals surface area contributed by atoms with Crippen molar-refractivity contribution in [1.29, 1.82) is 0 Å². The van der Waals surface area contributed by atoms with Crippen LogP contribution in [0.15, 0.2) is 24.2 Å². The van der Waals surface area contributed by atoms with Crippen molar-refractivity contribution in [3.05, 3.63) is 35.3 Å². The molecule has 4 rings (SSSR count). The summed E-state index contributed by atoms with van der Waals surface area (Å²) in [6.07, 6.45) is 2.28. The molecule has 0 saturated carbocycles. The molecule has 2 aliphatic heterocycles. The molecule has 29 heavy (non-hydrogen) atoms. The summed E-state index contributed by atoms with van der Waals surface area (Å²) in [5.41, 5.74) is 3.32. The summed E-state index contributed by atoms with van der Waals surface area (Å²) in [6.45, 7) is 9.94. The van der Waals surface area contributed by atoms with E-state index >= 15 is 0 Å². The van der Waals surface area contributed by atoms with Crippen LogP contribution in [0.3, 0.4) is 0 Å². The molecule has 7 nitrogen and oxygen atoms in total. The lowest BCUT2D eigenvalue weighted by Crippen LogP contribution is -2.40. The van der Waals surface area contributed by atoms with E-state index in [0.717, 1.165) is 55.0 Å². The number of aromatic nitrogens is 1. The number of carbonyl (C=O) groups excluding carboxylic acids is 1. The zero-order chi connectivity index (χ0) is 20.2. The van der Waals surface area contributed by atoms with Gasteiger partial charge in [0.05, 0.1) is 23.4 Å². The summed E-state index contributed by atoms with van der Waals surface area (Å²) < 4.78 is 17.4. The number of morpholine rings is 1. The number of hydrogen-bond acceptors (Lipinski definition) is 7. The Kier molecular flexibility index (Phi) is 6.32. The van der Waals surface area contributed by atoms with Gasteiger partial charge >= 0.3 is 0 Å². The van der Waals surface area contributed by atoms with Gasteiger partial charge < -0.3 is 14.2 Å². The first-order valence-electron chi connectivity index (χ1n) is 10.1. The van der Waals surface area contributed by atoms with Crippen LogP contribution in [0.5, 0.6) is 0 Å². The van der Waals surface area contributed by atoms with Gasteiger partial charge in [0.2, 0.25) is 5.76 Å². The molecule has 2 aromatic rings. The van der Waals surface area contributed by atoms with Gasteiger partial charge in [-0.25, -0.2) is 4.98 Å². The Bertz CT molecular complexity index is 905. The van der Waals surface area contributed by atoms with E-state index in [-0.39, 0.29) is 11.7 Å². The zero-order valence-electron chi connectivity index (χ0n) is 17.0. The summed E-state index contributed by atoms with van der Waals surface area (Å²) in [7, 11) is 0. The van der Waals surface area contributed by atoms with Gasteiger partial charge in [0.1, 0.15) is 19.5 Å². The molecule has 0 radical (unpaired) electrons. The Morgan fingerprint density at radius 3 is 2.79 bits per heavy atom. The number of aryl methyl sites for hydroxylation is 2. The van der Waals surface area contributed by atoms with Crippen LogP contribution in [0, 0.1) is 13.8 Å². The fourth-order valence-electron chi connectivity index (χ4n) is 3.50. The molecule has 0 spiro atoms. The largest absolute Gasteiger partial charge is 0.494 e. The zero-order valence-corrected chi connectivity index (χ0v) is 17.8. The average Bonchev–Trinajstić information content (AvgIpc) is 3.19. The van der Waals surface area contributed by atoms with Crippen molar-refractivity contribution in [1.82, 2.24) is 9.88 Å². The third-order valence-electron chi connectivity index (χ3n) is 5.37. The predicted octanol–water partition coefficient (Wildman–Crippen LogP) is 2.86. The smallest absolute Gasteiger partial charge is 0.298 e. The first-order valence-corrected chi connectivity index (χ1v) is 10.9. The van der Waals surface area contributed by atoms with Crippen molar-refractivity contribution in [3.63, 3.8) is 0 Å². The van der Waals surface area contributed by atoms with Crippen LogP contribution in [0.25, 0.3) is 10.2 Å². The number of benzene rings is 1. The number of rotatable bonds is 6. The molecule has 0 unspecified atom stereocenters. The maximum absolute atomic E-state index is 13.2. The molecule has 1 aromatic carbocycles. The number of amides is 1. The number of fused-ring (bicyclic) bond motifs is 1. The second kappa shape index (κ2) is 9.11. The second-order valence-electron chi connectivity index (χ2n) is 7.32. The molecule has 8 heteroatoms. The van der Waals surface area contributed by atoms with Gasteiger partial charge in [0, 0.05) is 26.2 Å². The molecule has 0 N–H and O–H groups in total. The fraction of sp³-hybridized carbons (Fsp3) is 0.524. The van der Waals surface area contributed by atoms with Crippen LogP contribution in [-0.2, 0) is 19.0 Å². The highest BCUT2D eigenvalue weighted by Gasteiger charge is 2.26. The average molecular weight is 418 g/mol. The molecular weight excluding hydrogens is 390 g/mol. The highest BCUT2D eigenvalue weighted by atomic mass is 32.1. The third-order valence-corrected chi connectivity index (χ3v) is 6.41. The summed E-state index contributed by atoms with van der Waals surface area (Å²) in [5.74, 6) is 0.0508. The van der Waals surface area contributed by atoms with E-state index in [1.807, 2.05) is 0 Å². The number of ether oxygens (including phenoxy) is 3. The number of hydrogen-bond donors (Lipinski definition) is 0. The second-order valence-corrected chi connectivity index (χ2v) is 8.33. The number of carbonyl (C=O) groups is 1. The first kappa shape index (κ1) is 20.1. The van der Waals surface area contributed by atoms with E-state index in [2.05, 4.69) is 30.9 Å². The lowest BCUT2D eigenvalue weighted by atomic mass is 10.1. The molecule has 1 amide bonds. The van der Waals surface area contributed by atoms with Crippen LogP contribution >= 0.6 is 11.3 Å². The predicted molar refractivity (Wildman–Crippen MR) is 113 cm³/mol. The minimum Gasteiger partial charge on any atom is -0.494 e. The minimum atomic E-state index is -0.194. The summed E-state index contributed by atoms with van der Waals surface area (Å²) in [6, 6.07) is 4.18. The lowest BCUT2D eigenvalue weighted by Gasteiger charge is -2.28. The number of anilines is 1. The van der Waals surface area contributed by atoms with Crippen molar-refractivity contribution in [2.75, 3.05) is 57.5 Å². The highest BCUT2D eigenvalue weighted by molar-refractivity contribution is 7.22. The number of nitrogens with zero attached hydrogens (tertiary/aromatic N) is 3. The molecule has 3 heterocycles. The maximum atomic E-state index is 13.2. The van der Waals surface area contributed by atoms with Gasteiger partial charge in [0.25, 0.3) is 5.91 Å². The Morgan fingerprint density at radius 1 is 1.21 bits per heavy atom. The van der Waals surface area contributed by atoms with Crippen LogP contribution in [0.2, 0.25) is 0 Å². The summed E-state index contributed by atoms with van der Waals surface area (Å²) in [4.78, 5) is 22.1. The van der Waals surface area contributed by atoms with Crippen LogP contribution in [0.1, 0.15) is 17.5 Å². The molecule has 0 aliphatic carbocycles. The van der Waals surface area contributed by atoms with Crippen molar-refractivity contribution in [2.24, 2.45) is 0 Å². The number of thiazole rings is 1. The first-order chi connectivity index (χ1) is 14.1. The molecule has 1 aromatic heterocycles. The Hall–Kier alpha value is -2.16. The highest BCUT2D eigenvalue weighted by Crippen LogP contribution is 2.33. The molecule has 156 valence electrons. The molecule has 0 atom stereocenters. The molecule has 0 bridgehead atoms. The SMILES string of the molecule is Cc1ccc2sc(N(CCCN3CCOCC3)C(=O)C3=COCCO3)nc2c1C. The van der Waals surface area contributed by atoms with Crippen molar-refractivity contribution in [2.45, 2.75) is 20.3 Å². The maximum Gasteiger partial charge on any atom is 0.298 e. The van der Waals surface area contributed by atoms with E-state index < -0.39 is 0 Å². The van der Waals surface area contributed by atoms with Crippen LogP contribution in [0.4, 0.5) is 5.13 Å². The van der Waals surface area contributed by atoms with Crippen molar-refractivity contribution in [3.8, 4) is 0 Å². The molecule has 1 saturated heterocycles. The van der Waals surface area contributed by atoms with Gasteiger partial charge in [-0.1, -0.05) is 17.4 Å². The van der Waals surface area contributed by atoms with Gasteiger partial charge in [-0.2, -0.15) is 0 Å². The van der Waals surface area contributed by atoms with Crippen LogP contribution in [-0.4, -0.2) is 68.4 Å². The third kappa shape index (κ3) is 4.55. The van der Waals surface area contributed by atoms with E-state index in [9.17, 15) is 4.79 Å². The van der Waals surface area contributed by atoms with Crippen molar-refractivity contribution < 1.29 is 19.0 Å². The van der Waals surface area contributed by atoms with Crippen molar-refractivity contribution >= 4 is 32.6 Å². The molecule has 1 fully saturated rings. The Labute approximate surface area is 174 Å². The van der Waals surface area contributed by atoms with E-state index in [0.29, 0.717) is 24.9 Å². The standard InChI is InChI=1S/C21H27N3O4S/c1-15-4-5-18-19(16(15)2)22-21(29-18)24(20(25)17-14-27-12-13-28-17)7-3-6-23-8-10-26-11-9-23/h4-5,14H,3,6-13H2,1-2H3. The quantitative estimate of drug-likeness (QED) is 0.720. The van der Waals surface area contributed by atoms with Gasteiger partial charge in [-0.05, 0) is 37.5 Å². The van der Waals surface area contributed by atoms with E-state index in [1.165, 1.54) is 11.8 Å². The van der Waals surface area contributed by atoms with Crippen LogP contribution < -0.4 is 4.90 Å². The van der Waals surface area contributed by atoms with E-state index in [4.69, 9.17) is 19.2 Å². The van der Waals surface area contributed by atoms with Gasteiger partial charge in [-0.15, -0.1) is 0 Å².